The summed E-state index contributed by atoms with van der Waals surface area (Å²) in [7, 11) is 0. The number of aromatic nitrogens is 3. The van der Waals surface area contributed by atoms with Gasteiger partial charge in [0.2, 0.25) is 5.82 Å². The van der Waals surface area contributed by atoms with E-state index in [-0.39, 0.29) is 17.8 Å². The van der Waals surface area contributed by atoms with Gasteiger partial charge in [0.05, 0.1) is 10.7 Å². The van der Waals surface area contributed by atoms with Crippen molar-refractivity contribution in [1.82, 2.24) is 19.7 Å². The number of aryl methyl sites for hydroxylation is 1. The van der Waals surface area contributed by atoms with Gasteiger partial charge in [0.15, 0.2) is 0 Å². The second-order valence-corrected chi connectivity index (χ2v) is 7.39. The monoisotopic (exact) mass is 375 g/mol. The molecule has 7 heteroatoms. The number of halogens is 1. The van der Waals surface area contributed by atoms with Crippen molar-refractivity contribution in [2.75, 3.05) is 13.1 Å². The number of carbonyl (C=O) groups excluding carboxylic acids is 1. The van der Waals surface area contributed by atoms with Crippen LogP contribution in [0.2, 0.25) is 5.02 Å². The van der Waals surface area contributed by atoms with Crippen molar-refractivity contribution in [3.63, 3.8) is 0 Å². The van der Waals surface area contributed by atoms with Gasteiger partial charge in [-0.25, -0.2) is 9.67 Å². The first-order valence-corrected chi connectivity index (χ1v) is 9.64. The fraction of sp³-hybridized carbons (Fsp3) is 0.526. The van der Waals surface area contributed by atoms with Crippen LogP contribution in [0.4, 0.5) is 0 Å². The second kappa shape index (κ2) is 8.18. The van der Waals surface area contributed by atoms with Crippen LogP contribution in [0, 0.1) is 5.92 Å². The molecule has 1 aromatic carbocycles. The van der Waals surface area contributed by atoms with Gasteiger partial charge in [-0.15, -0.1) is 5.10 Å². The fourth-order valence-corrected chi connectivity index (χ4v) is 3.72. The quantitative estimate of drug-likeness (QED) is 0.871. The van der Waals surface area contributed by atoms with E-state index in [0.717, 1.165) is 37.2 Å². The molecule has 1 amide bonds. The van der Waals surface area contributed by atoms with E-state index in [0.29, 0.717) is 24.0 Å². The molecule has 6 nitrogen and oxygen atoms in total. The second-order valence-electron chi connectivity index (χ2n) is 6.98. The molecular formula is C19H26ClN5O. The lowest BCUT2D eigenvalue weighted by Crippen LogP contribution is -2.49. The summed E-state index contributed by atoms with van der Waals surface area (Å²) >= 11 is 6.33. The number of carbonyl (C=O) groups is 1. The predicted molar refractivity (Wildman–Crippen MR) is 103 cm³/mol. The van der Waals surface area contributed by atoms with Crippen molar-refractivity contribution in [2.45, 2.75) is 45.6 Å². The van der Waals surface area contributed by atoms with E-state index in [4.69, 9.17) is 17.3 Å². The first-order valence-electron chi connectivity index (χ1n) is 9.27. The normalized spacial score (nSPS) is 20.4. The Morgan fingerprint density at radius 3 is 2.85 bits per heavy atom. The van der Waals surface area contributed by atoms with Gasteiger partial charge in [-0.05, 0) is 37.3 Å². The van der Waals surface area contributed by atoms with Crippen LogP contribution in [0.1, 0.15) is 49.6 Å². The Morgan fingerprint density at radius 2 is 2.15 bits per heavy atom. The zero-order valence-corrected chi connectivity index (χ0v) is 16.1. The first-order chi connectivity index (χ1) is 12.5. The molecule has 1 aliphatic rings. The van der Waals surface area contributed by atoms with E-state index in [1.54, 1.807) is 4.68 Å². The number of hydrogen-bond donors (Lipinski definition) is 1. The Labute approximate surface area is 159 Å². The summed E-state index contributed by atoms with van der Waals surface area (Å²) in [6, 6.07) is 7.52. The molecule has 1 aromatic heterocycles. The maximum absolute atomic E-state index is 13.1. The third-order valence-corrected chi connectivity index (χ3v) is 5.25. The van der Waals surface area contributed by atoms with E-state index < -0.39 is 0 Å². The van der Waals surface area contributed by atoms with E-state index in [1.165, 1.54) is 0 Å². The molecule has 2 unspecified atom stereocenters. The van der Waals surface area contributed by atoms with Gasteiger partial charge < -0.3 is 10.6 Å². The largest absolute Gasteiger partial charge is 0.332 e. The minimum Gasteiger partial charge on any atom is -0.332 e. The maximum atomic E-state index is 13.1. The molecule has 26 heavy (non-hydrogen) atoms. The number of rotatable bonds is 5. The van der Waals surface area contributed by atoms with Crippen LogP contribution in [0.5, 0.6) is 0 Å². The third-order valence-electron chi connectivity index (χ3n) is 4.93. The van der Waals surface area contributed by atoms with Gasteiger partial charge in [-0.1, -0.05) is 37.6 Å². The highest BCUT2D eigenvalue weighted by atomic mass is 35.5. The molecule has 1 saturated heterocycles. The number of nitrogens with two attached hydrogens (primary N) is 1. The number of amides is 1. The van der Waals surface area contributed by atoms with Crippen LogP contribution in [0.3, 0.4) is 0 Å². The Hall–Kier alpha value is -1.92. The van der Waals surface area contributed by atoms with Crippen molar-refractivity contribution in [1.29, 1.82) is 0 Å². The highest BCUT2D eigenvalue weighted by Gasteiger charge is 2.32. The maximum Gasteiger partial charge on any atom is 0.293 e. The Morgan fingerprint density at radius 1 is 1.38 bits per heavy atom. The van der Waals surface area contributed by atoms with Gasteiger partial charge in [-0.2, -0.15) is 0 Å². The summed E-state index contributed by atoms with van der Waals surface area (Å²) in [5.41, 5.74) is 6.65. The standard InChI is InChI=1S/C19H26ClN5O/c1-3-6-17-22-18(23-25(17)16-8-5-4-7-15(16)20)19(26)24-10-9-13(2)11-14(24)12-21/h4-5,7-8,13-14H,3,6,9-12,21H2,1-2H3. The summed E-state index contributed by atoms with van der Waals surface area (Å²) in [4.78, 5) is 19.4. The number of piperidine rings is 1. The summed E-state index contributed by atoms with van der Waals surface area (Å²) in [5.74, 6) is 1.41. The summed E-state index contributed by atoms with van der Waals surface area (Å²) < 4.78 is 1.70. The Balaban J connectivity index is 1.94. The van der Waals surface area contributed by atoms with E-state index in [9.17, 15) is 4.79 Å². The SMILES string of the molecule is CCCc1nc(C(=O)N2CCC(C)CC2CN)nn1-c1ccccc1Cl. The van der Waals surface area contributed by atoms with Crippen molar-refractivity contribution < 1.29 is 4.79 Å². The molecule has 0 radical (unpaired) electrons. The first kappa shape index (κ1) is 18.9. The fourth-order valence-electron chi connectivity index (χ4n) is 3.51. The van der Waals surface area contributed by atoms with Gasteiger partial charge in [-0.3, -0.25) is 4.79 Å². The van der Waals surface area contributed by atoms with Crippen LogP contribution >= 0.6 is 11.6 Å². The van der Waals surface area contributed by atoms with E-state index in [2.05, 4.69) is 23.9 Å². The van der Waals surface area contributed by atoms with Crippen LogP contribution in [0.25, 0.3) is 5.69 Å². The number of para-hydroxylation sites is 1. The molecule has 0 bridgehead atoms. The lowest BCUT2D eigenvalue weighted by Gasteiger charge is -2.37. The van der Waals surface area contributed by atoms with Gasteiger partial charge in [0.25, 0.3) is 5.91 Å². The zero-order chi connectivity index (χ0) is 18.7. The number of hydrogen-bond acceptors (Lipinski definition) is 4. The Bertz CT molecular complexity index is 775. The van der Waals surface area contributed by atoms with E-state index in [1.807, 2.05) is 29.2 Å². The van der Waals surface area contributed by atoms with Crippen molar-refractivity contribution >= 4 is 17.5 Å². The lowest BCUT2D eigenvalue weighted by atomic mass is 9.92. The lowest BCUT2D eigenvalue weighted by molar-refractivity contribution is 0.0561. The van der Waals surface area contributed by atoms with Crippen LogP contribution in [-0.2, 0) is 6.42 Å². The molecule has 0 saturated carbocycles. The molecule has 0 aliphatic carbocycles. The van der Waals surface area contributed by atoms with Crippen LogP contribution in [-0.4, -0.2) is 44.7 Å². The molecule has 2 N–H and O–H groups in total. The molecule has 2 heterocycles. The predicted octanol–water partition coefficient (Wildman–Crippen LogP) is 3.07. The third kappa shape index (κ3) is 3.76. The average Bonchev–Trinajstić information content (AvgIpc) is 3.05. The topological polar surface area (TPSA) is 77.0 Å². The average molecular weight is 376 g/mol. The smallest absolute Gasteiger partial charge is 0.293 e. The van der Waals surface area contributed by atoms with E-state index >= 15 is 0 Å². The van der Waals surface area contributed by atoms with Crippen LogP contribution in [0.15, 0.2) is 24.3 Å². The minimum absolute atomic E-state index is 0.0492. The van der Waals surface area contributed by atoms with Gasteiger partial charge in [0.1, 0.15) is 5.82 Å². The van der Waals surface area contributed by atoms with Crippen LogP contribution < -0.4 is 5.73 Å². The van der Waals surface area contributed by atoms with Crippen molar-refractivity contribution in [3.8, 4) is 5.69 Å². The molecule has 2 atom stereocenters. The van der Waals surface area contributed by atoms with Crippen molar-refractivity contribution in [2.24, 2.45) is 11.7 Å². The molecular weight excluding hydrogens is 350 g/mol. The number of benzene rings is 1. The molecule has 140 valence electrons. The van der Waals surface area contributed by atoms with Crippen molar-refractivity contribution in [3.05, 3.63) is 40.9 Å². The van der Waals surface area contributed by atoms with Gasteiger partial charge in [0, 0.05) is 25.6 Å². The Kier molecular flexibility index (Phi) is 5.94. The minimum atomic E-state index is -0.143. The van der Waals surface area contributed by atoms with Gasteiger partial charge >= 0.3 is 0 Å². The highest BCUT2D eigenvalue weighted by Crippen LogP contribution is 2.25. The molecule has 0 spiro atoms. The summed E-state index contributed by atoms with van der Waals surface area (Å²) in [6.45, 7) is 5.44. The number of likely N-dealkylation sites (tertiary alicyclic amines) is 1. The molecule has 1 aliphatic heterocycles. The summed E-state index contributed by atoms with van der Waals surface area (Å²) in [6.07, 6.45) is 3.54. The number of nitrogens with zero attached hydrogens (tertiary/aromatic N) is 4. The summed E-state index contributed by atoms with van der Waals surface area (Å²) in [5, 5.41) is 5.10. The molecule has 2 aromatic rings. The molecule has 3 rings (SSSR count). The molecule has 1 fully saturated rings. The highest BCUT2D eigenvalue weighted by molar-refractivity contribution is 6.32. The zero-order valence-electron chi connectivity index (χ0n) is 15.4.